The second kappa shape index (κ2) is 11.5. The first kappa shape index (κ1) is 26.0. The summed E-state index contributed by atoms with van der Waals surface area (Å²) < 4.78 is 22.0. The molecule has 0 N–H and O–H groups in total. The third-order valence-electron chi connectivity index (χ3n) is 5.65. The monoisotopic (exact) mass is 454 g/mol. The minimum atomic E-state index is -0.609. The summed E-state index contributed by atoms with van der Waals surface area (Å²) >= 11 is 0. The van der Waals surface area contributed by atoms with Gasteiger partial charge in [0, 0.05) is 14.1 Å². The molecule has 2 rings (SSSR count). The molecule has 0 aromatic rings. The van der Waals surface area contributed by atoms with E-state index in [2.05, 4.69) is 0 Å². The Hall–Kier alpha value is -2.29. The lowest BCUT2D eigenvalue weighted by molar-refractivity contribution is -0.146. The van der Waals surface area contributed by atoms with Crippen LogP contribution in [0.4, 0.5) is 4.79 Å². The second-order valence-corrected chi connectivity index (χ2v) is 9.65. The maximum atomic E-state index is 12.7. The number of carbonyl (C=O) groups is 3. The molecule has 0 bridgehead atoms. The van der Waals surface area contributed by atoms with Crippen LogP contribution >= 0.6 is 0 Å². The number of hydrogen-bond acceptors (Lipinski definition) is 7. The number of esters is 1. The number of amides is 2. The van der Waals surface area contributed by atoms with Gasteiger partial charge < -0.3 is 23.8 Å². The molecule has 0 spiro atoms. The first-order valence-corrected chi connectivity index (χ1v) is 11.2. The zero-order chi connectivity index (χ0) is 23.9. The fourth-order valence-corrected chi connectivity index (χ4v) is 3.80. The molecule has 0 aromatic heterocycles. The molecule has 1 aliphatic heterocycles. The van der Waals surface area contributed by atoms with Gasteiger partial charge in [0.25, 0.3) is 0 Å². The summed E-state index contributed by atoms with van der Waals surface area (Å²) in [6, 6.07) is -0.215. The Kier molecular flexibility index (Phi) is 9.36. The van der Waals surface area contributed by atoms with E-state index in [0.29, 0.717) is 19.6 Å². The van der Waals surface area contributed by atoms with Crippen LogP contribution in [0.5, 0.6) is 0 Å². The molecule has 182 valence electrons. The normalized spacial score (nSPS) is 23.5. The molecule has 0 unspecified atom stereocenters. The van der Waals surface area contributed by atoms with Crippen molar-refractivity contribution < 1.29 is 33.3 Å². The number of hydrogen-bond donors (Lipinski definition) is 0. The van der Waals surface area contributed by atoms with Gasteiger partial charge in [0.15, 0.2) is 0 Å². The van der Waals surface area contributed by atoms with Crippen LogP contribution in [0, 0.1) is 5.92 Å². The Bertz CT molecular complexity index is 689. The van der Waals surface area contributed by atoms with Crippen LogP contribution in [0.15, 0.2) is 11.8 Å². The molecule has 0 aromatic carbocycles. The van der Waals surface area contributed by atoms with Crippen LogP contribution in [0.1, 0.15) is 52.9 Å². The Morgan fingerprint density at radius 2 is 1.81 bits per heavy atom. The highest BCUT2D eigenvalue weighted by molar-refractivity contribution is 5.76. The summed E-state index contributed by atoms with van der Waals surface area (Å²) in [6.45, 7) is 6.10. The molecule has 2 atom stereocenters. The molecular formula is C23H38N2O7. The van der Waals surface area contributed by atoms with Crippen molar-refractivity contribution >= 4 is 18.0 Å². The molecule has 0 radical (unpaired) electrons. The SMILES string of the molecule is COC(=O)C1CCC(=COC[C@@H]2C[C@H](OCC(=O)N(C)C)CN2C(=O)OC(C)(C)C)CC1. The van der Waals surface area contributed by atoms with Crippen molar-refractivity contribution in [2.45, 2.75) is 70.6 Å². The van der Waals surface area contributed by atoms with Crippen molar-refractivity contribution in [1.29, 1.82) is 0 Å². The Labute approximate surface area is 191 Å². The number of ether oxygens (including phenoxy) is 4. The van der Waals surface area contributed by atoms with Gasteiger partial charge in [-0.15, -0.1) is 0 Å². The lowest BCUT2D eigenvalue weighted by Gasteiger charge is -2.28. The highest BCUT2D eigenvalue weighted by Gasteiger charge is 2.38. The average Bonchev–Trinajstić information content (AvgIpc) is 3.14. The predicted octanol–water partition coefficient (Wildman–Crippen LogP) is 2.73. The average molecular weight is 455 g/mol. The van der Waals surface area contributed by atoms with Crippen molar-refractivity contribution in [3.05, 3.63) is 11.8 Å². The van der Waals surface area contributed by atoms with Crippen LogP contribution in [-0.4, -0.2) is 86.5 Å². The molecule has 1 aliphatic carbocycles. The van der Waals surface area contributed by atoms with Gasteiger partial charge >= 0.3 is 12.1 Å². The van der Waals surface area contributed by atoms with Gasteiger partial charge in [0.05, 0.1) is 38.0 Å². The smallest absolute Gasteiger partial charge is 0.410 e. The van der Waals surface area contributed by atoms with Crippen molar-refractivity contribution in [3.63, 3.8) is 0 Å². The van der Waals surface area contributed by atoms with Gasteiger partial charge in [-0.25, -0.2) is 4.79 Å². The van der Waals surface area contributed by atoms with E-state index >= 15 is 0 Å². The molecule has 9 heteroatoms. The Balaban J connectivity index is 1.92. The summed E-state index contributed by atoms with van der Waals surface area (Å²) in [5.74, 6) is -0.319. The fraction of sp³-hybridized carbons (Fsp3) is 0.783. The zero-order valence-electron chi connectivity index (χ0n) is 20.2. The summed E-state index contributed by atoms with van der Waals surface area (Å²) in [6.07, 6.45) is 4.73. The van der Waals surface area contributed by atoms with Gasteiger partial charge in [-0.3, -0.25) is 14.5 Å². The number of rotatable bonds is 7. The van der Waals surface area contributed by atoms with Crippen LogP contribution in [0.3, 0.4) is 0 Å². The highest BCUT2D eigenvalue weighted by Crippen LogP contribution is 2.29. The summed E-state index contributed by atoms with van der Waals surface area (Å²) in [4.78, 5) is 39.3. The van der Waals surface area contributed by atoms with E-state index in [1.165, 1.54) is 12.0 Å². The van der Waals surface area contributed by atoms with Crippen LogP contribution in [-0.2, 0) is 28.5 Å². The lowest BCUT2D eigenvalue weighted by Crippen LogP contribution is -2.42. The van der Waals surface area contributed by atoms with Crippen molar-refractivity contribution in [3.8, 4) is 0 Å². The third-order valence-corrected chi connectivity index (χ3v) is 5.65. The van der Waals surface area contributed by atoms with Crippen LogP contribution in [0.2, 0.25) is 0 Å². The molecular weight excluding hydrogens is 416 g/mol. The number of methoxy groups -OCH3 is 1. The minimum absolute atomic E-state index is 0.0290. The zero-order valence-corrected chi connectivity index (χ0v) is 20.2. The molecule has 32 heavy (non-hydrogen) atoms. The van der Waals surface area contributed by atoms with E-state index in [1.807, 2.05) is 20.8 Å². The van der Waals surface area contributed by atoms with E-state index in [4.69, 9.17) is 18.9 Å². The van der Waals surface area contributed by atoms with E-state index < -0.39 is 11.7 Å². The molecule has 9 nitrogen and oxygen atoms in total. The third kappa shape index (κ3) is 8.00. The first-order chi connectivity index (χ1) is 15.0. The number of allylic oxidation sites excluding steroid dienone is 1. The van der Waals surface area contributed by atoms with Crippen LogP contribution in [0.25, 0.3) is 0 Å². The summed E-state index contributed by atoms with van der Waals surface area (Å²) in [5, 5.41) is 0. The summed E-state index contributed by atoms with van der Waals surface area (Å²) in [7, 11) is 4.77. The van der Waals surface area contributed by atoms with Crippen LogP contribution < -0.4 is 0 Å². The van der Waals surface area contributed by atoms with E-state index in [0.717, 1.165) is 31.3 Å². The maximum absolute atomic E-state index is 12.7. The van der Waals surface area contributed by atoms with Gasteiger partial charge in [-0.1, -0.05) is 0 Å². The number of nitrogens with zero attached hydrogens (tertiary/aromatic N) is 2. The van der Waals surface area contributed by atoms with Gasteiger partial charge in [0.2, 0.25) is 5.91 Å². The van der Waals surface area contributed by atoms with Crippen molar-refractivity contribution in [2.75, 3.05) is 41.0 Å². The van der Waals surface area contributed by atoms with E-state index in [-0.39, 0.29) is 36.5 Å². The van der Waals surface area contributed by atoms with E-state index in [9.17, 15) is 14.4 Å². The lowest BCUT2D eigenvalue weighted by atomic mass is 9.86. The molecule has 2 aliphatic rings. The molecule has 1 saturated carbocycles. The van der Waals surface area contributed by atoms with Gasteiger partial charge in [-0.05, 0) is 58.4 Å². The Morgan fingerprint density at radius 1 is 1.16 bits per heavy atom. The molecule has 2 amide bonds. The van der Waals surface area contributed by atoms with E-state index in [1.54, 1.807) is 25.3 Å². The fourth-order valence-electron chi connectivity index (χ4n) is 3.80. The molecule has 1 heterocycles. The quantitative estimate of drug-likeness (QED) is 0.431. The number of carbonyl (C=O) groups excluding carboxylic acids is 3. The topological polar surface area (TPSA) is 94.6 Å². The highest BCUT2D eigenvalue weighted by atomic mass is 16.6. The second-order valence-electron chi connectivity index (χ2n) is 9.65. The van der Waals surface area contributed by atoms with Gasteiger partial charge in [-0.2, -0.15) is 0 Å². The van der Waals surface area contributed by atoms with Crippen molar-refractivity contribution in [1.82, 2.24) is 9.80 Å². The molecule has 1 saturated heterocycles. The number of likely N-dealkylation sites (tertiary alicyclic amines) is 1. The largest absolute Gasteiger partial charge is 0.499 e. The molecule has 2 fully saturated rings. The first-order valence-electron chi connectivity index (χ1n) is 11.2. The van der Waals surface area contributed by atoms with Gasteiger partial charge in [0.1, 0.15) is 18.8 Å². The van der Waals surface area contributed by atoms with Crippen molar-refractivity contribution in [2.24, 2.45) is 5.92 Å². The predicted molar refractivity (Wildman–Crippen MR) is 118 cm³/mol. The Morgan fingerprint density at radius 3 is 2.38 bits per heavy atom. The number of likely N-dealkylation sites (N-methyl/N-ethyl adjacent to an activating group) is 1. The summed E-state index contributed by atoms with van der Waals surface area (Å²) in [5.41, 5.74) is 0.541. The maximum Gasteiger partial charge on any atom is 0.410 e. The minimum Gasteiger partial charge on any atom is -0.499 e. The standard InChI is InChI=1S/C23H38N2O7/c1-23(2,3)32-22(28)25-12-19(31-15-20(26)24(4)5)11-18(25)14-30-13-16-7-9-17(10-8-16)21(27)29-6/h13,17-19H,7-12,14-15H2,1-6H3/t17?,18-,19-/m0/s1.